The maximum absolute atomic E-state index is 5.83. The third-order valence-corrected chi connectivity index (χ3v) is 5.05. The zero-order valence-electron chi connectivity index (χ0n) is 15.9. The van der Waals surface area contributed by atoms with E-state index in [-0.39, 0.29) is 5.95 Å². The van der Waals surface area contributed by atoms with Gasteiger partial charge in [0.1, 0.15) is 39.3 Å². The highest BCUT2D eigenvalue weighted by atomic mass is 16.7. The summed E-state index contributed by atoms with van der Waals surface area (Å²) in [6, 6.07) is 6.24. The van der Waals surface area contributed by atoms with Crippen LogP contribution in [-0.2, 0) is 13.1 Å². The van der Waals surface area contributed by atoms with E-state index in [1.807, 2.05) is 25.1 Å². The van der Waals surface area contributed by atoms with Gasteiger partial charge in [-0.1, -0.05) is 0 Å². The predicted octanol–water partition coefficient (Wildman–Crippen LogP) is -2.27. The Morgan fingerprint density at radius 3 is 2.41 bits per heavy atom. The van der Waals surface area contributed by atoms with Gasteiger partial charge in [0, 0.05) is 19.7 Å². The molecule has 1 saturated heterocycles. The highest BCUT2D eigenvalue weighted by molar-refractivity contribution is 5.44. The van der Waals surface area contributed by atoms with Gasteiger partial charge in [0.2, 0.25) is 18.7 Å². The highest BCUT2D eigenvalue weighted by Gasteiger charge is 2.25. The first kappa shape index (κ1) is 17.7. The molecule has 0 spiro atoms. The molecule has 2 aromatic rings. The fourth-order valence-corrected chi connectivity index (χ4v) is 3.58. The number of nitrogen functional groups attached to an aromatic ring is 1. The molecular formula is C18H27N7O2+2. The molecule has 2 aliphatic heterocycles. The van der Waals surface area contributed by atoms with Crippen LogP contribution in [0.3, 0.4) is 0 Å². The van der Waals surface area contributed by atoms with Crippen LogP contribution in [0.15, 0.2) is 18.2 Å². The second-order valence-electron chi connectivity index (χ2n) is 7.35. The fourth-order valence-electron chi connectivity index (χ4n) is 3.58. The predicted molar refractivity (Wildman–Crippen MR) is 99.9 cm³/mol. The lowest BCUT2D eigenvalue weighted by Gasteiger charge is -2.29. The zero-order chi connectivity index (χ0) is 18.8. The molecule has 4 rings (SSSR count). The van der Waals surface area contributed by atoms with E-state index in [2.05, 4.69) is 27.1 Å². The van der Waals surface area contributed by atoms with Gasteiger partial charge in [-0.3, -0.25) is 0 Å². The maximum Gasteiger partial charge on any atom is 0.231 e. The van der Waals surface area contributed by atoms with Gasteiger partial charge in [-0.2, -0.15) is 15.0 Å². The van der Waals surface area contributed by atoms with Gasteiger partial charge in [-0.15, -0.1) is 0 Å². The van der Waals surface area contributed by atoms with E-state index in [1.54, 1.807) is 4.90 Å². The van der Waals surface area contributed by atoms with Crippen LogP contribution in [0.4, 0.5) is 11.9 Å². The fraction of sp³-hybridized carbons (Fsp3) is 0.500. The highest BCUT2D eigenvalue weighted by Crippen LogP contribution is 2.32. The van der Waals surface area contributed by atoms with Crippen LogP contribution in [0, 0.1) is 0 Å². The number of benzene rings is 1. The average molecular weight is 373 g/mol. The van der Waals surface area contributed by atoms with E-state index in [9.17, 15) is 0 Å². The molecule has 0 radical (unpaired) electrons. The number of nitrogens with zero attached hydrogens (tertiary/aromatic N) is 4. The minimum atomic E-state index is 0.287. The molecule has 3 heterocycles. The Morgan fingerprint density at radius 1 is 0.963 bits per heavy atom. The van der Waals surface area contributed by atoms with Crippen LogP contribution in [0.1, 0.15) is 11.4 Å². The van der Waals surface area contributed by atoms with Crippen LogP contribution in [0.5, 0.6) is 11.5 Å². The molecule has 0 aliphatic carbocycles. The summed E-state index contributed by atoms with van der Waals surface area (Å²) >= 11 is 0. The van der Waals surface area contributed by atoms with Crippen LogP contribution in [0.2, 0.25) is 0 Å². The maximum atomic E-state index is 5.83. The number of hydrogen-bond acceptors (Lipinski definition) is 7. The van der Waals surface area contributed by atoms with Gasteiger partial charge in [0.15, 0.2) is 17.3 Å². The van der Waals surface area contributed by atoms with Gasteiger partial charge >= 0.3 is 0 Å². The van der Waals surface area contributed by atoms with E-state index >= 15 is 0 Å². The van der Waals surface area contributed by atoms with Crippen molar-refractivity contribution in [3.8, 4) is 11.5 Å². The normalized spacial score (nSPS) is 21.3. The third kappa shape index (κ3) is 4.20. The summed E-state index contributed by atoms with van der Waals surface area (Å²) in [5, 5.41) is 0. The van der Waals surface area contributed by atoms with Gasteiger partial charge in [-0.25, -0.2) is 0 Å². The van der Waals surface area contributed by atoms with Crippen molar-refractivity contribution >= 4 is 11.9 Å². The number of piperazine rings is 1. The first-order chi connectivity index (χ1) is 13.1. The third-order valence-electron chi connectivity index (χ3n) is 5.05. The van der Waals surface area contributed by atoms with Crippen molar-refractivity contribution in [1.82, 2.24) is 15.0 Å². The van der Waals surface area contributed by atoms with E-state index in [0.29, 0.717) is 12.7 Å². The summed E-state index contributed by atoms with van der Waals surface area (Å²) < 4.78 is 10.9. The second kappa shape index (κ2) is 7.53. The Labute approximate surface area is 158 Å². The van der Waals surface area contributed by atoms with E-state index < -0.39 is 0 Å². The van der Waals surface area contributed by atoms with Gasteiger partial charge < -0.3 is 29.9 Å². The van der Waals surface area contributed by atoms with Crippen molar-refractivity contribution in [3.63, 3.8) is 0 Å². The van der Waals surface area contributed by atoms with Gasteiger partial charge in [0.05, 0.1) is 0 Å². The van der Waals surface area contributed by atoms with Crippen molar-refractivity contribution in [2.24, 2.45) is 0 Å². The van der Waals surface area contributed by atoms with Crippen LogP contribution in [-0.4, -0.2) is 62.0 Å². The quantitative estimate of drug-likeness (QED) is 0.544. The topological polar surface area (TPSA) is 95.3 Å². The Bertz CT molecular complexity index is 806. The summed E-state index contributed by atoms with van der Waals surface area (Å²) in [6.07, 6.45) is 0. The first-order valence-corrected chi connectivity index (χ1v) is 9.30. The van der Waals surface area contributed by atoms with Crippen molar-refractivity contribution in [2.75, 3.05) is 57.7 Å². The largest absolute Gasteiger partial charge is 0.454 e. The lowest BCUT2D eigenvalue weighted by Crippen LogP contribution is -3.27. The smallest absolute Gasteiger partial charge is 0.231 e. The van der Waals surface area contributed by atoms with Crippen LogP contribution >= 0.6 is 0 Å². The second-order valence-corrected chi connectivity index (χ2v) is 7.35. The van der Waals surface area contributed by atoms with Crippen LogP contribution < -0.4 is 29.9 Å². The molecule has 2 aliphatic rings. The van der Waals surface area contributed by atoms with E-state index in [0.717, 1.165) is 56.6 Å². The number of quaternary nitrogens is 2. The summed E-state index contributed by atoms with van der Waals surface area (Å²) in [5.41, 5.74) is 7.12. The lowest BCUT2D eigenvalue weighted by molar-refractivity contribution is -1.02. The minimum absolute atomic E-state index is 0.287. The monoisotopic (exact) mass is 373 g/mol. The molecule has 9 nitrogen and oxygen atoms in total. The van der Waals surface area contributed by atoms with E-state index in [1.165, 1.54) is 10.5 Å². The number of rotatable bonds is 5. The molecule has 1 aromatic heterocycles. The number of anilines is 2. The van der Waals surface area contributed by atoms with Crippen molar-refractivity contribution in [1.29, 1.82) is 0 Å². The van der Waals surface area contributed by atoms with Gasteiger partial charge in [-0.05, 0) is 18.2 Å². The summed E-state index contributed by atoms with van der Waals surface area (Å²) in [6.45, 7) is 6.52. The molecule has 9 heteroatoms. The Kier molecular flexibility index (Phi) is 4.95. The number of aromatic nitrogens is 3. The molecule has 0 amide bonds. The van der Waals surface area contributed by atoms with Crippen LogP contribution in [0.25, 0.3) is 0 Å². The molecule has 0 unspecified atom stereocenters. The number of nitrogens with two attached hydrogens (primary N) is 1. The van der Waals surface area contributed by atoms with Crippen molar-refractivity contribution in [3.05, 3.63) is 29.6 Å². The Morgan fingerprint density at radius 2 is 1.67 bits per heavy atom. The molecule has 0 atom stereocenters. The number of ether oxygens (including phenoxy) is 2. The molecule has 1 fully saturated rings. The Hall–Kier alpha value is -2.65. The molecule has 144 valence electrons. The summed E-state index contributed by atoms with van der Waals surface area (Å²) in [4.78, 5) is 17.9. The number of hydrogen-bond donors (Lipinski definition) is 3. The minimum Gasteiger partial charge on any atom is -0.454 e. The molecule has 4 N–H and O–H groups in total. The first-order valence-electron chi connectivity index (χ1n) is 9.30. The SMILES string of the molecule is CN(C)c1nc(N)nc(C[NH+]2CC[NH+](Cc3ccc4c(c3)OCO4)CC2)n1. The standard InChI is InChI=1S/C18H25N7O2/c1-23(2)18-21-16(20-17(19)22-18)11-25-7-5-24(6-8-25)10-13-3-4-14-15(9-13)27-12-26-14/h3-4,9H,5-8,10-12H2,1-2H3,(H2,19,20,21,22)/p+2. The molecule has 27 heavy (non-hydrogen) atoms. The zero-order valence-corrected chi connectivity index (χ0v) is 15.9. The molecule has 1 aromatic carbocycles. The molecule has 0 saturated carbocycles. The van der Waals surface area contributed by atoms with Crippen molar-refractivity contribution < 1.29 is 19.3 Å². The summed E-state index contributed by atoms with van der Waals surface area (Å²) in [7, 11) is 3.81. The average Bonchev–Trinajstić information content (AvgIpc) is 3.10. The Balaban J connectivity index is 1.31. The number of nitrogens with one attached hydrogen (secondary N) is 2. The number of fused-ring (bicyclic) bond motifs is 1. The van der Waals surface area contributed by atoms with Crippen molar-refractivity contribution in [2.45, 2.75) is 13.1 Å². The lowest BCUT2D eigenvalue weighted by atomic mass is 10.1. The molecule has 0 bridgehead atoms. The summed E-state index contributed by atoms with van der Waals surface area (Å²) in [5.74, 6) is 3.37. The molecular weight excluding hydrogens is 346 g/mol. The van der Waals surface area contributed by atoms with E-state index in [4.69, 9.17) is 15.2 Å². The van der Waals surface area contributed by atoms with Gasteiger partial charge in [0.25, 0.3) is 0 Å².